The van der Waals surface area contributed by atoms with Gasteiger partial charge >= 0.3 is 0 Å². The number of imide groups is 1. The quantitative estimate of drug-likeness (QED) is 0.308. The van der Waals surface area contributed by atoms with Gasteiger partial charge in [0.15, 0.2) is 0 Å². The molecule has 0 spiro atoms. The van der Waals surface area contributed by atoms with Crippen molar-refractivity contribution in [2.45, 2.75) is 19.4 Å². The predicted molar refractivity (Wildman–Crippen MR) is 147 cm³/mol. The number of amides is 2. The van der Waals surface area contributed by atoms with E-state index in [1.54, 1.807) is 24.5 Å². The number of pyridine rings is 1. The minimum atomic E-state index is -0.384. The van der Waals surface area contributed by atoms with Crippen LogP contribution in [0.3, 0.4) is 0 Å². The maximum atomic E-state index is 11.8. The summed E-state index contributed by atoms with van der Waals surface area (Å²) in [5.74, 6) is 0.807. The van der Waals surface area contributed by atoms with Gasteiger partial charge in [0, 0.05) is 43.0 Å². The largest absolute Gasteiger partial charge is 0.341 e. The Bertz CT molecular complexity index is 1510. The molecule has 0 atom stereocenters. The molecule has 5 heterocycles. The van der Waals surface area contributed by atoms with E-state index in [1.807, 2.05) is 12.3 Å². The van der Waals surface area contributed by atoms with Crippen LogP contribution in [0.5, 0.6) is 0 Å². The van der Waals surface area contributed by atoms with Crippen molar-refractivity contribution >= 4 is 45.7 Å². The fraction of sp³-hybridized carbons (Fsp3) is 0.259. The van der Waals surface area contributed by atoms with Crippen LogP contribution in [0.25, 0.3) is 28.1 Å². The lowest BCUT2D eigenvalue weighted by molar-refractivity contribution is -0.115. The number of thioether (sulfide) groups is 1. The van der Waals surface area contributed by atoms with Gasteiger partial charge in [0.05, 0.1) is 28.2 Å². The van der Waals surface area contributed by atoms with Gasteiger partial charge in [0.2, 0.25) is 5.95 Å². The van der Waals surface area contributed by atoms with Gasteiger partial charge < -0.3 is 10.2 Å². The highest BCUT2D eigenvalue weighted by Crippen LogP contribution is 2.27. The third-order valence-electron chi connectivity index (χ3n) is 6.82. The summed E-state index contributed by atoms with van der Waals surface area (Å²) < 4.78 is 0. The molecule has 192 valence electrons. The number of piperidine rings is 1. The molecule has 2 aliphatic rings. The standard InChI is InChI=1S/C27H26N8O2S/c36-25-24(38-27(37)34-25)12-20-5-8-29-26(32-20)35-9-6-17(7-10-35)13-28-16-23-21-4-2-1-3-18(21)11-22(33-23)19-14-30-31-15-19/h1-5,8,11-12,14-15,17,28H,6-7,9-10,13,16H2,(H,30,31)(H,34,36,37)/b24-12+. The van der Waals surface area contributed by atoms with Crippen LogP contribution in [-0.4, -0.2) is 55.9 Å². The second-order valence-electron chi connectivity index (χ2n) is 9.36. The number of aromatic amines is 1. The topological polar surface area (TPSA) is 129 Å². The van der Waals surface area contributed by atoms with Crippen molar-refractivity contribution in [3.8, 4) is 11.3 Å². The van der Waals surface area contributed by atoms with E-state index in [2.05, 4.69) is 60.0 Å². The Balaban J connectivity index is 1.06. The van der Waals surface area contributed by atoms with E-state index in [9.17, 15) is 9.59 Å². The molecule has 3 N–H and O–H groups in total. The summed E-state index contributed by atoms with van der Waals surface area (Å²) in [6, 6.07) is 12.2. The average Bonchev–Trinajstić information content (AvgIpc) is 3.59. The molecule has 2 fully saturated rings. The molecule has 0 unspecified atom stereocenters. The Hall–Kier alpha value is -4.09. The minimum absolute atomic E-state index is 0.349. The SMILES string of the molecule is O=C1NC(=O)/C(=C\c2ccnc(N3CCC(CNCc4nc(-c5cn[nH]c5)cc5ccccc45)CC3)n2)S1. The number of nitrogens with zero attached hydrogens (tertiary/aromatic N) is 5. The molecule has 2 saturated heterocycles. The van der Waals surface area contributed by atoms with Gasteiger partial charge in [-0.05, 0) is 60.7 Å². The van der Waals surface area contributed by atoms with Crippen LogP contribution >= 0.6 is 11.8 Å². The maximum absolute atomic E-state index is 11.8. The molecule has 0 radical (unpaired) electrons. The van der Waals surface area contributed by atoms with Crippen LogP contribution in [0.1, 0.15) is 24.2 Å². The Morgan fingerprint density at radius 2 is 2.00 bits per heavy atom. The monoisotopic (exact) mass is 526 g/mol. The first-order valence-corrected chi connectivity index (χ1v) is 13.4. The number of hydrogen-bond donors (Lipinski definition) is 3. The highest BCUT2D eigenvalue weighted by atomic mass is 32.2. The third kappa shape index (κ3) is 5.29. The molecule has 10 nitrogen and oxygen atoms in total. The fourth-order valence-electron chi connectivity index (χ4n) is 4.83. The van der Waals surface area contributed by atoms with Crippen molar-refractivity contribution < 1.29 is 9.59 Å². The molecule has 4 aromatic rings. The van der Waals surface area contributed by atoms with E-state index in [1.165, 1.54) is 5.39 Å². The molecule has 1 aromatic carbocycles. The molecule has 11 heteroatoms. The van der Waals surface area contributed by atoms with Crippen molar-refractivity contribution in [3.63, 3.8) is 0 Å². The molecule has 2 amide bonds. The highest BCUT2D eigenvalue weighted by Gasteiger charge is 2.26. The van der Waals surface area contributed by atoms with Crippen LogP contribution < -0.4 is 15.5 Å². The van der Waals surface area contributed by atoms with Crippen LogP contribution in [0, 0.1) is 5.92 Å². The van der Waals surface area contributed by atoms with Crippen LogP contribution in [0.4, 0.5) is 10.7 Å². The molecule has 0 saturated carbocycles. The van der Waals surface area contributed by atoms with Gasteiger partial charge in [0.1, 0.15) is 0 Å². The van der Waals surface area contributed by atoms with E-state index in [-0.39, 0.29) is 11.1 Å². The van der Waals surface area contributed by atoms with Gasteiger partial charge in [-0.1, -0.05) is 24.3 Å². The van der Waals surface area contributed by atoms with E-state index in [0.717, 1.165) is 66.6 Å². The average molecular weight is 527 g/mol. The van der Waals surface area contributed by atoms with Gasteiger partial charge in [0.25, 0.3) is 11.1 Å². The van der Waals surface area contributed by atoms with Gasteiger partial charge in [-0.15, -0.1) is 0 Å². The summed E-state index contributed by atoms with van der Waals surface area (Å²) in [4.78, 5) is 39.8. The van der Waals surface area contributed by atoms with Gasteiger partial charge in [-0.25, -0.2) is 9.97 Å². The van der Waals surface area contributed by atoms with Gasteiger partial charge in [-0.2, -0.15) is 5.10 Å². The Kier molecular flexibility index (Phi) is 6.84. The number of H-pyrrole nitrogens is 1. The lowest BCUT2D eigenvalue weighted by Crippen LogP contribution is -2.38. The predicted octanol–water partition coefficient (Wildman–Crippen LogP) is 3.75. The van der Waals surface area contributed by atoms with Crippen molar-refractivity contribution in [2.24, 2.45) is 5.92 Å². The molecule has 38 heavy (non-hydrogen) atoms. The molecule has 0 aliphatic carbocycles. The number of nitrogens with one attached hydrogen (secondary N) is 3. The zero-order valence-electron chi connectivity index (χ0n) is 20.6. The smallest absolute Gasteiger partial charge is 0.290 e. The first-order valence-electron chi connectivity index (χ1n) is 12.5. The highest BCUT2D eigenvalue weighted by molar-refractivity contribution is 8.18. The molecule has 2 aliphatic heterocycles. The molecule has 3 aromatic heterocycles. The second kappa shape index (κ2) is 10.7. The number of carbonyl (C=O) groups excluding carboxylic acids is 2. The summed E-state index contributed by atoms with van der Waals surface area (Å²) in [7, 11) is 0. The lowest BCUT2D eigenvalue weighted by Gasteiger charge is -2.32. The molecular weight excluding hydrogens is 500 g/mol. The van der Waals surface area contributed by atoms with Crippen molar-refractivity contribution in [1.82, 2.24) is 35.8 Å². The van der Waals surface area contributed by atoms with Crippen molar-refractivity contribution in [3.05, 3.63) is 71.3 Å². The van der Waals surface area contributed by atoms with Crippen molar-refractivity contribution in [2.75, 3.05) is 24.5 Å². The zero-order chi connectivity index (χ0) is 25.9. The number of anilines is 1. The first-order chi connectivity index (χ1) is 18.6. The molecule has 6 rings (SSSR count). The van der Waals surface area contributed by atoms with Gasteiger partial charge in [-0.3, -0.25) is 25.0 Å². The maximum Gasteiger partial charge on any atom is 0.290 e. The number of benzene rings is 1. The fourth-order valence-corrected chi connectivity index (χ4v) is 5.49. The number of carbonyl (C=O) groups is 2. The van der Waals surface area contributed by atoms with Crippen LogP contribution in [0.15, 0.2) is 59.9 Å². The number of hydrogen-bond acceptors (Lipinski definition) is 9. The first kappa shape index (κ1) is 24.3. The number of rotatable bonds is 7. The van der Waals surface area contributed by atoms with Crippen LogP contribution in [-0.2, 0) is 11.3 Å². The second-order valence-corrected chi connectivity index (χ2v) is 10.4. The van der Waals surface area contributed by atoms with E-state index >= 15 is 0 Å². The third-order valence-corrected chi connectivity index (χ3v) is 7.63. The molecular formula is C27H26N8O2S. The van der Waals surface area contributed by atoms with Crippen molar-refractivity contribution in [1.29, 1.82) is 0 Å². The van der Waals surface area contributed by atoms with E-state index < -0.39 is 0 Å². The number of aromatic nitrogens is 5. The van der Waals surface area contributed by atoms with E-state index in [4.69, 9.17) is 4.98 Å². The summed E-state index contributed by atoms with van der Waals surface area (Å²) in [6.07, 6.45) is 9.03. The summed E-state index contributed by atoms with van der Waals surface area (Å²) in [5.41, 5.74) is 3.54. The van der Waals surface area contributed by atoms with Crippen LogP contribution in [0.2, 0.25) is 0 Å². The summed E-state index contributed by atoms with van der Waals surface area (Å²) in [5, 5.41) is 14.8. The zero-order valence-corrected chi connectivity index (χ0v) is 21.4. The summed E-state index contributed by atoms with van der Waals surface area (Å²) in [6.45, 7) is 3.32. The normalized spacial score (nSPS) is 17.5. The minimum Gasteiger partial charge on any atom is -0.341 e. The molecule has 0 bridgehead atoms. The summed E-state index contributed by atoms with van der Waals surface area (Å²) >= 11 is 0.889. The Morgan fingerprint density at radius 3 is 2.79 bits per heavy atom. The Labute approximate surface area is 223 Å². The van der Waals surface area contributed by atoms with E-state index in [0.29, 0.717) is 29.0 Å². The number of fused-ring (bicyclic) bond motifs is 1. The lowest BCUT2D eigenvalue weighted by atomic mass is 9.97. The Morgan fingerprint density at radius 1 is 1.13 bits per heavy atom.